The summed E-state index contributed by atoms with van der Waals surface area (Å²) in [5.41, 5.74) is 0.337. The quantitative estimate of drug-likeness (QED) is 0.388. The monoisotopic (exact) mass is 272 g/mol. The number of unbranched alkanes of at least 4 members (excludes halogenated alkanes) is 3. The van der Waals surface area contributed by atoms with E-state index in [0.29, 0.717) is 10.5 Å². The summed E-state index contributed by atoms with van der Waals surface area (Å²) in [5, 5.41) is 0.325. The standard InChI is InChI=1S/C16H36OSi/c1-9-10-11-12-13-16(5,6)14-17-18(7,8)15(2,3)4/h9-14H2,1-8H3. The highest BCUT2D eigenvalue weighted by Crippen LogP contribution is 2.38. The van der Waals surface area contributed by atoms with Crippen molar-refractivity contribution in [2.24, 2.45) is 5.41 Å². The van der Waals surface area contributed by atoms with Gasteiger partial charge in [0, 0.05) is 6.61 Å². The number of hydrogen-bond donors (Lipinski definition) is 0. The van der Waals surface area contributed by atoms with E-state index in [4.69, 9.17) is 4.43 Å². The minimum atomic E-state index is -1.57. The van der Waals surface area contributed by atoms with Gasteiger partial charge in [-0.15, -0.1) is 0 Å². The van der Waals surface area contributed by atoms with Gasteiger partial charge in [0.05, 0.1) is 0 Å². The average Bonchev–Trinajstić information content (AvgIpc) is 2.21. The van der Waals surface area contributed by atoms with Gasteiger partial charge in [0.15, 0.2) is 8.32 Å². The average molecular weight is 273 g/mol. The molecule has 0 radical (unpaired) electrons. The molecule has 0 bridgehead atoms. The topological polar surface area (TPSA) is 9.23 Å². The molecule has 0 aliphatic carbocycles. The zero-order chi connectivity index (χ0) is 14.4. The van der Waals surface area contributed by atoms with Crippen LogP contribution in [0.5, 0.6) is 0 Å². The van der Waals surface area contributed by atoms with Gasteiger partial charge in [0.25, 0.3) is 0 Å². The van der Waals surface area contributed by atoms with Crippen molar-refractivity contribution in [3.8, 4) is 0 Å². The third-order valence-corrected chi connectivity index (χ3v) is 8.82. The fraction of sp³-hybridized carbons (Fsp3) is 1.00. The Morgan fingerprint density at radius 2 is 1.44 bits per heavy atom. The van der Waals surface area contributed by atoms with Crippen molar-refractivity contribution in [2.45, 2.75) is 91.8 Å². The lowest BCUT2D eigenvalue weighted by atomic mass is 9.88. The summed E-state index contributed by atoms with van der Waals surface area (Å²) >= 11 is 0. The second-order valence-electron chi connectivity index (χ2n) is 8.02. The van der Waals surface area contributed by atoms with Gasteiger partial charge in [-0.1, -0.05) is 67.2 Å². The second kappa shape index (κ2) is 7.09. The van der Waals surface area contributed by atoms with E-state index < -0.39 is 8.32 Å². The summed E-state index contributed by atoms with van der Waals surface area (Å²) in [6.45, 7) is 19.5. The maximum atomic E-state index is 6.35. The summed E-state index contributed by atoms with van der Waals surface area (Å²) in [6, 6.07) is 0. The second-order valence-corrected chi connectivity index (χ2v) is 12.8. The molecule has 0 atom stereocenters. The minimum Gasteiger partial charge on any atom is -0.416 e. The van der Waals surface area contributed by atoms with Crippen molar-refractivity contribution in [1.29, 1.82) is 0 Å². The van der Waals surface area contributed by atoms with E-state index in [9.17, 15) is 0 Å². The normalized spacial score (nSPS) is 14.0. The molecule has 1 nitrogen and oxygen atoms in total. The Hall–Kier alpha value is 0.177. The predicted molar refractivity (Wildman–Crippen MR) is 85.7 cm³/mol. The third-order valence-electron chi connectivity index (χ3n) is 4.34. The van der Waals surface area contributed by atoms with E-state index in [-0.39, 0.29) is 0 Å². The first kappa shape index (κ1) is 18.2. The summed E-state index contributed by atoms with van der Waals surface area (Å²) < 4.78 is 6.35. The Labute approximate surface area is 117 Å². The largest absolute Gasteiger partial charge is 0.416 e. The van der Waals surface area contributed by atoms with E-state index in [0.717, 1.165) is 6.61 Å². The van der Waals surface area contributed by atoms with Crippen LogP contribution in [0.2, 0.25) is 18.1 Å². The lowest BCUT2D eigenvalue weighted by Gasteiger charge is -2.39. The highest BCUT2D eigenvalue weighted by Gasteiger charge is 2.38. The fourth-order valence-corrected chi connectivity index (χ4v) is 2.88. The van der Waals surface area contributed by atoms with Gasteiger partial charge in [-0.25, -0.2) is 0 Å². The van der Waals surface area contributed by atoms with Crippen LogP contribution in [-0.2, 0) is 4.43 Å². The summed E-state index contributed by atoms with van der Waals surface area (Å²) in [4.78, 5) is 0. The lowest BCUT2D eigenvalue weighted by molar-refractivity contribution is 0.152. The van der Waals surface area contributed by atoms with Crippen molar-refractivity contribution in [3.05, 3.63) is 0 Å². The Morgan fingerprint density at radius 3 is 1.89 bits per heavy atom. The minimum absolute atomic E-state index is 0.325. The Bertz CT molecular complexity index is 226. The highest BCUT2D eigenvalue weighted by molar-refractivity contribution is 6.74. The summed E-state index contributed by atoms with van der Waals surface area (Å²) in [6.07, 6.45) is 6.71. The first-order chi connectivity index (χ1) is 8.02. The van der Waals surface area contributed by atoms with Crippen molar-refractivity contribution >= 4 is 8.32 Å². The van der Waals surface area contributed by atoms with Crippen molar-refractivity contribution in [3.63, 3.8) is 0 Å². The van der Waals surface area contributed by atoms with E-state index in [1.54, 1.807) is 0 Å². The zero-order valence-electron chi connectivity index (χ0n) is 14.2. The molecule has 0 aromatic carbocycles. The van der Waals surface area contributed by atoms with Crippen molar-refractivity contribution in [2.75, 3.05) is 6.61 Å². The van der Waals surface area contributed by atoms with Gasteiger partial charge in [-0.3, -0.25) is 0 Å². The van der Waals surface area contributed by atoms with E-state index in [2.05, 4.69) is 54.6 Å². The van der Waals surface area contributed by atoms with Crippen LogP contribution in [0, 0.1) is 5.41 Å². The van der Waals surface area contributed by atoms with Gasteiger partial charge < -0.3 is 4.43 Å². The third kappa shape index (κ3) is 6.94. The molecule has 0 N–H and O–H groups in total. The van der Waals surface area contributed by atoms with Gasteiger partial charge in [0.2, 0.25) is 0 Å². The molecule has 0 rings (SSSR count). The maximum Gasteiger partial charge on any atom is 0.192 e. The number of rotatable bonds is 8. The molecule has 0 aliphatic rings. The Morgan fingerprint density at radius 1 is 0.889 bits per heavy atom. The van der Waals surface area contributed by atoms with Crippen molar-refractivity contribution in [1.82, 2.24) is 0 Å². The molecule has 0 aromatic rings. The predicted octanol–water partition coefficient (Wildman–Crippen LogP) is 6.00. The van der Waals surface area contributed by atoms with Crippen LogP contribution in [-0.4, -0.2) is 14.9 Å². The molecular formula is C16H36OSi. The maximum absolute atomic E-state index is 6.35. The van der Waals surface area contributed by atoms with Crippen LogP contribution >= 0.6 is 0 Å². The smallest absolute Gasteiger partial charge is 0.192 e. The molecule has 110 valence electrons. The van der Waals surface area contributed by atoms with E-state index >= 15 is 0 Å². The Balaban J connectivity index is 4.10. The van der Waals surface area contributed by atoms with E-state index in [1.165, 1.54) is 32.1 Å². The molecule has 0 amide bonds. The van der Waals surface area contributed by atoms with Crippen LogP contribution in [0.1, 0.15) is 73.6 Å². The molecule has 0 fully saturated rings. The molecular weight excluding hydrogens is 236 g/mol. The van der Waals surface area contributed by atoms with Crippen LogP contribution in [0.25, 0.3) is 0 Å². The molecule has 0 saturated heterocycles. The van der Waals surface area contributed by atoms with Gasteiger partial charge in [-0.2, -0.15) is 0 Å². The SMILES string of the molecule is CCCCCCC(C)(C)CO[Si](C)(C)C(C)(C)C. The fourth-order valence-electron chi connectivity index (χ4n) is 1.69. The molecule has 18 heavy (non-hydrogen) atoms. The first-order valence-corrected chi connectivity index (χ1v) is 10.6. The molecule has 2 heteroatoms. The molecule has 0 heterocycles. The van der Waals surface area contributed by atoms with Gasteiger partial charge >= 0.3 is 0 Å². The Kier molecular flexibility index (Phi) is 7.16. The zero-order valence-corrected chi connectivity index (χ0v) is 15.2. The molecule has 0 spiro atoms. The molecule has 0 aromatic heterocycles. The molecule has 0 unspecified atom stereocenters. The van der Waals surface area contributed by atoms with Crippen LogP contribution in [0.4, 0.5) is 0 Å². The number of hydrogen-bond acceptors (Lipinski definition) is 1. The van der Waals surface area contributed by atoms with Gasteiger partial charge in [-0.05, 0) is 30.0 Å². The summed E-state index contributed by atoms with van der Waals surface area (Å²) in [7, 11) is -1.57. The van der Waals surface area contributed by atoms with E-state index in [1.807, 2.05) is 0 Å². The first-order valence-electron chi connectivity index (χ1n) is 7.66. The lowest BCUT2D eigenvalue weighted by Crippen LogP contribution is -2.43. The van der Waals surface area contributed by atoms with Crippen LogP contribution in [0.15, 0.2) is 0 Å². The highest BCUT2D eigenvalue weighted by atomic mass is 28.4. The molecule has 0 saturated carbocycles. The van der Waals surface area contributed by atoms with Gasteiger partial charge in [0.1, 0.15) is 0 Å². The van der Waals surface area contributed by atoms with Crippen LogP contribution in [0.3, 0.4) is 0 Å². The van der Waals surface area contributed by atoms with Crippen molar-refractivity contribution < 1.29 is 4.43 Å². The summed E-state index contributed by atoms with van der Waals surface area (Å²) in [5.74, 6) is 0. The van der Waals surface area contributed by atoms with Crippen LogP contribution < -0.4 is 0 Å². The molecule has 0 aliphatic heterocycles.